The van der Waals surface area contributed by atoms with Gasteiger partial charge in [-0.1, -0.05) is 12.2 Å². The van der Waals surface area contributed by atoms with E-state index in [9.17, 15) is 13.2 Å². The molecule has 0 amide bonds. The molecule has 1 N–H and O–H groups in total. The van der Waals surface area contributed by atoms with E-state index in [-0.39, 0.29) is 0 Å². The number of hydrogen-bond acceptors (Lipinski definition) is 2. The number of halogens is 3. The second-order valence-electron chi connectivity index (χ2n) is 4.74. The van der Waals surface area contributed by atoms with Crippen LogP contribution in [0.15, 0.2) is 23.8 Å². The predicted molar refractivity (Wildman–Crippen MR) is 60.7 cm³/mol. The Morgan fingerprint density at radius 3 is 2.82 bits per heavy atom. The zero-order chi connectivity index (χ0) is 12.5. The molecule has 2 rings (SSSR count). The van der Waals surface area contributed by atoms with Crippen molar-refractivity contribution in [2.45, 2.75) is 19.0 Å². The van der Waals surface area contributed by atoms with Crippen molar-refractivity contribution in [3.05, 3.63) is 23.8 Å². The molecule has 0 radical (unpaired) electrons. The average Bonchev–Trinajstić information content (AvgIpc) is 2.68. The minimum Gasteiger partial charge on any atom is -0.303 e. The molecule has 0 bridgehead atoms. The summed E-state index contributed by atoms with van der Waals surface area (Å²) in [5, 5.41) is 3.17. The summed E-state index contributed by atoms with van der Waals surface area (Å²) < 4.78 is 39.7. The predicted octanol–water partition coefficient (Wildman–Crippen LogP) is 1.95. The smallest absolute Gasteiger partial charge is 0.254 e. The van der Waals surface area contributed by atoms with Crippen molar-refractivity contribution in [3.63, 3.8) is 0 Å². The van der Waals surface area contributed by atoms with Gasteiger partial charge < -0.3 is 5.32 Å². The molecular formula is C12H17F3N2. The highest BCUT2D eigenvalue weighted by Crippen LogP contribution is 2.33. The van der Waals surface area contributed by atoms with Gasteiger partial charge in [0, 0.05) is 33.2 Å². The van der Waals surface area contributed by atoms with Crippen LogP contribution in [0.2, 0.25) is 0 Å². The third-order valence-electron chi connectivity index (χ3n) is 3.17. The van der Waals surface area contributed by atoms with Gasteiger partial charge in [-0.25, -0.2) is 13.2 Å². The summed E-state index contributed by atoms with van der Waals surface area (Å²) in [7, 11) is 0. The molecule has 0 aromatic rings. The first-order valence-electron chi connectivity index (χ1n) is 5.80. The maximum absolute atomic E-state index is 13.6. The molecule has 1 fully saturated rings. The SMILES string of the molecule is CC(F)(F)[C@H]1C=CC(CN2CCNC2)=CC1F. The number of rotatable bonds is 3. The van der Waals surface area contributed by atoms with Crippen LogP contribution in [0.1, 0.15) is 6.92 Å². The fourth-order valence-electron chi connectivity index (χ4n) is 2.20. The van der Waals surface area contributed by atoms with Crippen LogP contribution in [0.5, 0.6) is 0 Å². The molecular weight excluding hydrogens is 229 g/mol. The Morgan fingerprint density at radius 2 is 2.29 bits per heavy atom. The minimum absolute atomic E-state index is 0.617. The molecule has 0 spiro atoms. The summed E-state index contributed by atoms with van der Waals surface area (Å²) in [6, 6.07) is 0. The molecule has 2 aliphatic rings. The molecule has 5 heteroatoms. The lowest BCUT2D eigenvalue weighted by molar-refractivity contribution is -0.0411. The van der Waals surface area contributed by atoms with E-state index in [4.69, 9.17) is 0 Å². The number of nitrogens with zero attached hydrogens (tertiary/aromatic N) is 1. The van der Waals surface area contributed by atoms with E-state index in [0.29, 0.717) is 6.54 Å². The number of hydrogen-bond donors (Lipinski definition) is 1. The first-order chi connectivity index (χ1) is 7.97. The number of nitrogens with one attached hydrogen (secondary N) is 1. The summed E-state index contributed by atoms with van der Waals surface area (Å²) in [4.78, 5) is 2.12. The summed E-state index contributed by atoms with van der Waals surface area (Å²) in [5.41, 5.74) is 0.779. The second kappa shape index (κ2) is 4.82. The molecule has 96 valence electrons. The molecule has 1 aliphatic carbocycles. The van der Waals surface area contributed by atoms with Crippen molar-refractivity contribution in [1.29, 1.82) is 0 Å². The molecule has 0 aromatic carbocycles. The van der Waals surface area contributed by atoms with Crippen molar-refractivity contribution >= 4 is 0 Å². The van der Waals surface area contributed by atoms with E-state index in [1.807, 2.05) is 0 Å². The summed E-state index contributed by atoms with van der Waals surface area (Å²) in [6.07, 6.45) is 2.64. The molecule has 1 aliphatic heterocycles. The normalized spacial score (nSPS) is 30.7. The van der Waals surface area contributed by atoms with Crippen molar-refractivity contribution in [2.75, 3.05) is 26.3 Å². The Kier molecular flexibility index (Phi) is 3.58. The lowest BCUT2D eigenvalue weighted by atomic mass is 9.90. The van der Waals surface area contributed by atoms with Crippen molar-refractivity contribution < 1.29 is 13.2 Å². The largest absolute Gasteiger partial charge is 0.303 e. The van der Waals surface area contributed by atoms with Gasteiger partial charge in [0.2, 0.25) is 0 Å². The van der Waals surface area contributed by atoms with Crippen LogP contribution in [0.4, 0.5) is 13.2 Å². The van der Waals surface area contributed by atoms with Crippen molar-refractivity contribution in [3.8, 4) is 0 Å². The van der Waals surface area contributed by atoms with Gasteiger partial charge in [-0.05, 0) is 11.6 Å². The van der Waals surface area contributed by atoms with Gasteiger partial charge in [0.15, 0.2) is 0 Å². The standard InChI is InChI=1S/C12H17F3N2/c1-12(14,15)10-3-2-9(6-11(10)13)7-17-5-4-16-8-17/h2-3,6,10-11,16H,4-5,7-8H2,1H3/t10-,11?/m0/s1. The van der Waals surface area contributed by atoms with Crippen LogP contribution >= 0.6 is 0 Å². The zero-order valence-corrected chi connectivity index (χ0v) is 9.80. The Labute approximate surface area is 99.2 Å². The van der Waals surface area contributed by atoms with Crippen LogP contribution < -0.4 is 5.32 Å². The average molecular weight is 246 g/mol. The van der Waals surface area contributed by atoms with E-state index in [1.165, 1.54) is 12.2 Å². The maximum atomic E-state index is 13.6. The Morgan fingerprint density at radius 1 is 1.53 bits per heavy atom. The number of alkyl halides is 3. The lowest BCUT2D eigenvalue weighted by Gasteiger charge is -2.26. The van der Waals surface area contributed by atoms with Gasteiger partial charge in [-0.3, -0.25) is 4.90 Å². The minimum atomic E-state index is -3.01. The van der Waals surface area contributed by atoms with Gasteiger partial charge in [0.1, 0.15) is 6.17 Å². The highest BCUT2D eigenvalue weighted by atomic mass is 19.3. The summed E-state index contributed by atoms with van der Waals surface area (Å²) in [6.45, 7) is 3.99. The molecule has 1 unspecified atom stereocenters. The van der Waals surface area contributed by atoms with Crippen molar-refractivity contribution in [1.82, 2.24) is 10.2 Å². The van der Waals surface area contributed by atoms with Crippen LogP contribution in [-0.4, -0.2) is 43.3 Å². The van der Waals surface area contributed by atoms with E-state index in [2.05, 4.69) is 10.2 Å². The van der Waals surface area contributed by atoms with Crippen LogP contribution in [0.25, 0.3) is 0 Å². The third kappa shape index (κ3) is 3.10. The van der Waals surface area contributed by atoms with E-state index >= 15 is 0 Å². The molecule has 1 saturated heterocycles. The Bertz CT molecular complexity index is 327. The Balaban J connectivity index is 1.97. The highest BCUT2D eigenvalue weighted by molar-refractivity contribution is 5.29. The second-order valence-corrected chi connectivity index (χ2v) is 4.74. The van der Waals surface area contributed by atoms with Gasteiger partial charge in [-0.2, -0.15) is 0 Å². The zero-order valence-electron chi connectivity index (χ0n) is 9.80. The van der Waals surface area contributed by atoms with Gasteiger partial charge in [0.05, 0.1) is 5.92 Å². The van der Waals surface area contributed by atoms with E-state index < -0.39 is 18.0 Å². The van der Waals surface area contributed by atoms with Crippen LogP contribution in [0, 0.1) is 5.92 Å². The fraction of sp³-hybridized carbons (Fsp3) is 0.667. The maximum Gasteiger partial charge on any atom is 0.254 e. The highest BCUT2D eigenvalue weighted by Gasteiger charge is 2.39. The molecule has 0 saturated carbocycles. The van der Waals surface area contributed by atoms with Crippen LogP contribution in [-0.2, 0) is 0 Å². The monoisotopic (exact) mass is 246 g/mol. The van der Waals surface area contributed by atoms with Gasteiger partial charge in [0.25, 0.3) is 5.92 Å². The quantitative estimate of drug-likeness (QED) is 0.819. The van der Waals surface area contributed by atoms with E-state index in [0.717, 1.165) is 32.3 Å². The molecule has 2 nitrogen and oxygen atoms in total. The van der Waals surface area contributed by atoms with Crippen molar-refractivity contribution in [2.24, 2.45) is 5.92 Å². The molecule has 17 heavy (non-hydrogen) atoms. The van der Waals surface area contributed by atoms with E-state index in [1.54, 1.807) is 6.08 Å². The summed E-state index contributed by atoms with van der Waals surface area (Å²) >= 11 is 0. The third-order valence-corrected chi connectivity index (χ3v) is 3.17. The topological polar surface area (TPSA) is 15.3 Å². The first-order valence-corrected chi connectivity index (χ1v) is 5.80. The molecule has 1 heterocycles. The van der Waals surface area contributed by atoms with Gasteiger partial charge >= 0.3 is 0 Å². The first kappa shape index (κ1) is 12.6. The van der Waals surface area contributed by atoms with Crippen LogP contribution in [0.3, 0.4) is 0 Å². The van der Waals surface area contributed by atoms with Gasteiger partial charge in [-0.15, -0.1) is 0 Å². The Hall–Kier alpha value is -0.810. The number of allylic oxidation sites excluding steroid dienone is 2. The fourth-order valence-corrected chi connectivity index (χ4v) is 2.20. The molecule has 0 aromatic heterocycles. The summed E-state index contributed by atoms with van der Waals surface area (Å²) in [5.74, 6) is -4.34. The lowest BCUT2D eigenvalue weighted by Crippen LogP contribution is -2.33. The molecule has 2 atom stereocenters.